The van der Waals surface area contributed by atoms with Crippen LogP contribution in [0.1, 0.15) is 42.5 Å². The Morgan fingerprint density at radius 3 is 2.54 bits per heavy atom. The Hall–Kier alpha value is -2.83. The lowest BCUT2D eigenvalue weighted by molar-refractivity contribution is 0.0219. The van der Waals surface area contributed by atoms with Gasteiger partial charge in [-0.05, 0) is 39.3 Å². The van der Waals surface area contributed by atoms with Crippen LogP contribution in [0, 0.1) is 0 Å². The van der Waals surface area contributed by atoms with Crippen molar-refractivity contribution in [3.05, 3.63) is 47.3 Å². The molecule has 2 aromatic rings. The minimum atomic E-state index is -0.537. The smallest absolute Gasteiger partial charge is 0.410 e. The molecule has 0 saturated carbocycles. The average molecular weight is 356 g/mol. The van der Waals surface area contributed by atoms with Crippen LogP contribution < -0.4 is 5.32 Å². The maximum Gasteiger partial charge on any atom is 0.410 e. The van der Waals surface area contributed by atoms with Crippen molar-refractivity contribution < 1.29 is 14.3 Å². The quantitative estimate of drug-likeness (QED) is 0.897. The molecule has 2 heterocycles. The zero-order chi connectivity index (χ0) is 18.9. The van der Waals surface area contributed by atoms with Gasteiger partial charge in [0.2, 0.25) is 0 Å². The van der Waals surface area contributed by atoms with Crippen LogP contribution >= 0.6 is 0 Å². The van der Waals surface area contributed by atoms with E-state index in [1.165, 1.54) is 0 Å². The fourth-order valence-electron chi connectivity index (χ4n) is 2.95. The molecule has 1 N–H and O–H groups in total. The van der Waals surface area contributed by atoms with Gasteiger partial charge >= 0.3 is 6.09 Å². The Labute approximate surface area is 152 Å². The standard InChI is InChI=1S/C19H24N4O3/c1-19(2,3)26-18(25)23-11-10-14-15(12-23)22(4)21-16(14)17(24)20-13-8-6-5-7-9-13/h5-9H,10-12H2,1-4H3,(H,20,24). The molecule has 138 valence electrons. The molecule has 0 fully saturated rings. The number of rotatable bonds is 2. The van der Waals surface area contributed by atoms with Gasteiger partial charge in [0.05, 0.1) is 12.2 Å². The van der Waals surface area contributed by atoms with Gasteiger partial charge in [0.1, 0.15) is 5.60 Å². The molecule has 0 radical (unpaired) electrons. The van der Waals surface area contributed by atoms with Crippen molar-refractivity contribution in [2.45, 2.75) is 39.3 Å². The number of carbonyl (C=O) groups is 2. The van der Waals surface area contributed by atoms with E-state index in [-0.39, 0.29) is 12.0 Å². The molecule has 0 spiro atoms. The van der Waals surface area contributed by atoms with Crippen LogP contribution in [0.25, 0.3) is 0 Å². The Balaban J connectivity index is 1.77. The van der Waals surface area contributed by atoms with E-state index in [0.29, 0.717) is 25.2 Å². The summed E-state index contributed by atoms with van der Waals surface area (Å²) in [5.74, 6) is -0.237. The Bertz CT molecular complexity index is 821. The molecule has 1 aliphatic rings. The summed E-state index contributed by atoms with van der Waals surface area (Å²) in [4.78, 5) is 26.6. The number of ether oxygens (including phenoxy) is 1. The molecule has 0 atom stereocenters. The number of nitrogens with one attached hydrogen (secondary N) is 1. The number of aromatic nitrogens is 2. The summed E-state index contributed by atoms with van der Waals surface area (Å²) >= 11 is 0. The number of carbonyl (C=O) groups excluding carboxylic acids is 2. The monoisotopic (exact) mass is 356 g/mol. The molecule has 1 aromatic heterocycles. The number of hydrogen-bond donors (Lipinski definition) is 1. The minimum absolute atomic E-state index is 0.237. The van der Waals surface area contributed by atoms with Gasteiger partial charge in [0.15, 0.2) is 5.69 Å². The maximum atomic E-state index is 12.6. The average Bonchev–Trinajstić information content (AvgIpc) is 2.91. The van der Waals surface area contributed by atoms with Gasteiger partial charge in [-0.25, -0.2) is 4.79 Å². The van der Waals surface area contributed by atoms with Gasteiger partial charge in [-0.1, -0.05) is 18.2 Å². The van der Waals surface area contributed by atoms with Gasteiger partial charge in [-0.15, -0.1) is 0 Å². The van der Waals surface area contributed by atoms with Crippen LogP contribution in [0.15, 0.2) is 30.3 Å². The predicted molar refractivity (Wildman–Crippen MR) is 98.0 cm³/mol. The summed E-state index contributed by atoms with van der Waals surface area (Å²) in [5.41, 5.74) is 2.35. The van der Waals surface area contributed by atoms with Crippen LogP contribution in [0.5, 0.6) is 0 Å². The largest absolute Gasteiger partial charge is 0.444 e. The molecule has 2 amide bonds. The number of para-hydroxylation sites is 1. The number of hydrogen-bond acceptors (Lipinski definition) is 4. The first kappa shape index (κ1) is 18.0. The first-order valence-electron chi connectivity index (χ1n) is 8.63. The highest BCUT2D eigenvalue weighted by Crippen LogP contribution is 2.24. The third-order valence-corrected chi connectivity index (χ3v) is 4.15. The number of amides is 2. The normalized spacial score (nSPS) is 13.9. The maximum absolute atomic E-state index is 12.6. The third kappa shape index (κ3) is 3.87. The number of nitrogens with zero attached hydrogens (tertiary/aromatic N) is 3. The van der Waals surface area contributed by atoms with E-state index in [9.17, 15) is 9.59 Å². The number of aryl methyl sites for hydroxylation is 1. The van der Waals surface area contributed by atoms with E-state index in [1.54, 1.807) is 16.6 Å². The van der Waals surface area contributed by atoms with Crippen molar-refractivity contribution in [1.29, 1.82) is 0 Å². The van der Waals surface area contributed by atoms with E-state index in [1.807, 2.05) is 51.1 Å². The van der Waals surface area contributed by atoms with Gasteiger partial charge in [0.25, 0.3) is 5.91 Å². The van der Waals surface area contributed by atoms with E-state index in [0.717, 1.165) is 16.9 Å². The van der Waals surface area contributed by atoms with Crippen molar-refractivity contribution in [2.24, 2.45) is 7.05 Å². The molecule has 0 aliphatic carbocycles. The molecule has 7 nitrogen and oxygen atoms in total. The molecule has 1 aliphatic heterocycles. The van der Waals surface area contributed by atoms with Gasteiger partial charge < -0.3 is 15.0 Å². The molecule has 0 bridgehead atoms. The fourth-order valence-corrected chi connectivity index (χ4v) is 2.95. The SMILES string of the molecule is Cn1nc(C(=O)Nc2ccccc2)c2c1CN(C(=O)OC(C)(C)C)CC2. The van der Waals surface area contributed by atoms with Gasteiger partial charge in [-0.3, -0.25) is 9.48 Å². The number of fused-ring (bicyclic) bond motifs is 1. The van der Waals surface area contributed by atoms with Crippen molar-refractivity contribution in [2.75, 3.05) is 11.9 Å². The minimum Gasteiger partial charge on any atom is -0.444 e. The first-order valence-corrected chi connectivity index (χ1v) is 8.63. The van der Waals surface area contributed by atoms with Crippen molar-refractivity contribution in [1.82, 2.24) is 14.7 Å². The van der Waals surface area contributed by atoms with E-state index in [4.69, 9.17) is 4.74 Å². The Morgan fingerprint density at radius 1 is 1.19 bits per heavy atom. The van der Waals surface area contributed by atoms with Gasteiger partial charge in [0, 0.05) is 24.8 Å². The molecular weight excluding hydrogens is 332 g/mol. The first-order chi connectivity index (χ1) is 12.2. The second kappa shape index (κ2) is 6.82. The van der Waals surface area contributed by atoms with Crippen molar-refractivity contribution in [3.63, 3.8) is 0 Å². The molecule has 1 aromatic carbocycles. The van der Waals surface area contributed by atoms with Crippen molar-refractivity contribution >= 4 is 17.7 Å². The number of benzene rings is 1. The lowest BCUT2D eigenvalue weighted by atomic mass is 10.0. The Morgan fingerprint density at radius 2 is 1.88 bits per heavy atom. The van der Waals surface area contributed by atoms with Crippen LogP contribution in [0.4, 0.5) is 10.5 Å². The second-order valence-corrected chi connectivity index (χ2v) is 7.37. The van der Waals surface area contributed by atoms with E-state index in [2.05, 4.69) is 10.4 Å². The molecule has 0 unspecified atom stereocenters. The predicted octanol–water partition coefficient (Wildman–Crippen LogP) is 2.97. The summed E-state index contributed by atoms with van der Waals surface area (Å²) in [7, 11) is 1.79. The molecule has 3 rings (SSSR count). The summed E-state index contributed by atoms with van der Waals surface area (Å²) in [6.07, 6.45) is 0.222. The Kier molecular flexibility index (Phi) is 4.71. The van der Waals surface area contributed by atoms with Crippen LogP contribution in [-0.4, -0.2) is 38.8 Å². The molecular formula is C19H24N4O3. The summed E-state index contributed by atoms with van der Waals surface area (Å²) in [6, 6.07) is 9.28. The van der Waals surface area contributed by atoms with E-state index >= 15 is 0 Å². The summed E-state index contributed by atoms with van der Waals surface area (Å²) in [5, 5.41) is 7.25. The molecule has 7 heteroatoms. The highest BCUT2D eigenvalue weighted by Gasteiger charge is 2.31. The van der Waals surface area contributed by atoms with Crippen LogP contribution in [0.2, 0.25) is 0 Å². The lowest BCUT2D eigenvalue weighted by Gasteiger charge is -2.30. The number of anilines is 1. The van der Waals surface area contributed by atoms with Crippen LogP contribution in [-0.2, 0) is 24.8 Å². The molecule has 26 heavy (non-hydrogen) atoms. The second-order valence-electron chi connectivity index (χ2n) is 7.37. The zero-order valence-corrected chi connectivity index (χ0v) is 15.6. The lowest BCUT2D eigenvalue weighted by Crippen LogP contribution is -2.40. The van der Waals surface area contributed by atoms with Crippen LogP contribution in [0.3, 0.4) is 0 Å². The van der Waals surface area contributed by atoms with Gasteiger partial charge in [-0.2, -0.15) is 5.10 Å². The summed E-state index contributed by atoms with van der Waals surface area (Å²) < 4.78 is 7.12. The fraction of sp³-hybridized carbons (Fsp3) is 0.421. The summed E-state index contributed by atoms with van der Waals surface area (Å²) in [6.45, 7) is 6.41. The highest BCUT2D eigenvalue weighted by atomic mass is 16.6. The molecule has 0 saturated heterocycles. The van der Waals surface area contributed by atoms with E-state index < -0.39 is 5.60 Å². The highest BCUT2D eigenvalue weighted by molar-refractivity contribution is 6.04. The van der Waals surface area contributed by atoms with Crippen molar-refractivity contribution in [3.8, 4) is 0 Å². The topological polar surface area (TPSA) is 76.5 Å². The zero-order valence-electron chi connectivity index (χ0n) is 15.6. The third-order valence-electron chi connectivity index (χ3n) is 4.15.